The van der Waals surface area contributed by atoms with Crippen molar-refractivity contribution in [2.24, 2.45) is 0 Å². The van der Waals surface area contributed by atoms with Gasteiger partial charge in [-0.1, -0.05) is 30.3 Å². The molecule has 0 bridgehead atoms. The molecular weight excluding hydrogens is 292 g/mol. The topological polar surface area (TPSA) is 109 Å². The number of urea groups is 1. The monoisotopic (exact) mass is 310 g/mol. The lowest BCUT2D eigenvalue weighted by Gasteiger charge is -2.15. The third-order valence-electron chi connectivity index (χ3n) is 3.64. The molecule has 2 amide bonds. The second-order valence-corrected chi connectivity index (χ2v) is 5.36. The molecule has 7 heteroatoms. The van der Waals surface area contributed by atoms with E-state index in [2.05, 4.69) is 25.8 Å². The number of nitrogens with zero attached hydrogens (tertiary/aromatic N) is 2. The Labute approximate surface area is 133 Å². The molecule has 2 aromatic heterocycles. The average Bonchev–Trinajstić information content (AvgIpc) is 2.89. The molecular formula is C16H18N6O. The van der Waals surface area contributed by atoms with Crippen molar-refractivity contribution in [3.8, 4) is 0 Å². The zero-order valence-electron chi connectivity index (χ0n) is 12.9. The van der Waals surface area contributed by atoms with Gasteiger partial charge in [-0.15, -0.1) is 0 Å². The van der Waals surface area contributed by atoms with Gasteiger partial charge in [-0.05, 0) is 19.4 Å². The molecule has 1 atom stereocenters. The molecule has 0 saturated heterocycles. The van der Waals surface area contributed by atoms with Crippen LogP contribution in [0.4, 0.5) is 16.4 Å². The fourth-order valence-corrected chi connectivity index (χ4v) is 2.50. The first-order valence-electron chi connectivity index (χ1n) is 7.28. The fraction of sp³-hybridized carbons (Fsp3) is 0.188. The molecule has 0 aliphatic heterocycles. The standard InChI is InChI=1S/C16H18N6O/c1-9(11-6-4-3-5-7-11)19-16(23)20-13-8-12-14(10(2)18-13)15(17)22-21-12/h3-9H,1-2H3,(H3,17,21,22)(H2,18,19,20,23). The molecule has 3 aromatic rings. The second kappa shape index (κ2) is 5.96. The van der Waals surface area contributed by atoms with E-state index in [1.54, 1.807) is 6.07 Å². The highest BCUT2D eigenvalue weighted by atomic mass is 16.2. The fourth-order valence-electron chi connectivity index (χ4n) is 2.50. The highest BCUT2D eigenvalue weighted by Gasteiger charge is 2.12. The van der Waals surface area contributed by atoms with Crippen LogP contribution in [0.3, 0.4) is 0 Å². The Kier molecular flexibility index (Phi) is 3.84. The van der Waals surface area contributed by atoms with Crippen LogP contribution in [0.15, 0.2) is 36.4 Å². The number of pyridine rings is 1. The highest BCUT2D eigenvalue weighted by Crippen LogP contribution is 2.23. The van der Waals surface area contributed by atoms with Crippen LogP contribution in [-0.2, 0) is 0 Å². The molecule has 0 aliphatic carbocycles. The van der Waals surface area contributed by atoms with Gasteiger partial charge in [0.25, 0.3) is 0 Å². The summed E-state index contributed by atoms with van der Waals surface area (Å²) >= 11 is 0. The van der Waals surface area contributed by atoms with Crippen LogP contribution < -0.4 is 16.4 Å². The first kappa shape index (κ1) is 14.8. The van der Waals surface area contributed by atoms with E-state index in [9.17, 15) is 4.79 Å². The number of fused-ring (bicyclic) bond motifs is 1. The van der Waals surface area contributed by atoms with Crippen LogP contribution in [0.1, 0.15) is 24.2 Å². The molecule has 118 valence electrons. The molecule has 1 aromatic carbocycles. The predicted octanol–water partition coefficient (Wildman–Crippen LogP) is 2.73. The molecule has 0 spiro atoms. The number of rotatable bonds is 3. The minimum Gasteiger partial charge on any atom is -0.382 e. The molecule has 3 rings (SSSR count). The second-order valence-electron chi connectivity index (χ2n) is 5.36. The summed E-state index contributed by atoms with van der Waals surface area (Å²) in [4.78, 5) is 16.5. The SMILES string of the molecule is Cc1nc(NC(=O)NC(C)c2ccccc2)cc2[nH]nc(N)c12. The lowest BCUT2D eigenvalue weighted by molar-refractivity contribution is 0.249. The number of benzene rings is 1. The lowest BCUT2D eigenvalue weighted by Crippen LogP contribution is -2.31. The smallest absolute Gasteiger partial charge is 0.320 e. The predicted molar refractivity (Wildman–Crippen MR) is 90.0 cm³/mol. The van der Waals surface area contributed by atoms with Crippen molar-refractivity contribution < 1.29 is 4.79 Å². The number of amides is 2. The van der Waals surface area contributed by atoms with Crippen molar-refractivity contribution in [1.82, 2.24) is 20.5 Å². The molecule has 23 heavy (non-hydrogen) atoms. The first-order valence-corrected chi connectivity index (χ1v) is 7.28. The molecule has 0 aliphatic rings. The number of carbonyl (C=O) groups is 1. The number of nitrogens with one attached hydrogen (secondary N) is 3. The molecule has 0 saturated carbocycles. The van der Waals surface area contributed by atoms with Crippen LogP contribution in [0.2, 0.25) is 0 Å². The number of carbonyl (C=O) groups excluding carboxylic acids is 1. The number of aromatic nitrogens is 3. The summed E-state index contributed by atoms with van der Waals surface area (Å²) in [5.41, 5.74) is 8.25. The normalized spacial score (nSPS) is 12.1. The van der Waals surface area contributed by atoms with Crippen molar-refractivity contribution in [2.45, 2.75) is 19.9 Å². The summed E-state index contributed by atoms with van der Waals surface area (Å²) in [6, 6.07) is 11.0. The molecule has 5 N–H and O–H groups in total. The van der Waals surface area contributed by atoms with E-state index in [1.165, 1.54) is 0 Å². The third kappa shape index (κ3) is 3.08. The molecule has 0 radical (unpaired) electrons. The molecule has 0 fully saturated rings. The zero-order valence-corrected chi connectivity index (χ0v) is 12.9. The van der Waals surface area contributed by atoms with Gasteiger partial charge in [-0.3, -0.25) is 10.4 Å². The number of hydrogen-bond acceptors (Lipinski definition) is 4. The number of nitrogen functional groups attached to an aromatic ring is 1. The van der Waals surface area contributed by atoms with Gasteiger partial charge in [-0.25, -0.2) is 9.78 Å². The highest BCUT2D eigenvalue weighted by molar-refractivity contribution is 5.95. The molecule has 7 nitrogen and oxygen atoms in total. The van der Waals surface area contributed by atoms with Gasteiger partial charge in [0, 0.05) is 6.07 Å². The van der Waals surface area contributed by atoms with E-state index in [-0.39, 0.29) is 12.1 Å². The Bertz CT molecular complexity index is 842. The Morgan fingerprint density at radius 1 is 1.30 bits per heavy atom. The van der Waals surface area contributed by atoms with Crippen molar-refractivity contribution >= 4 is 28.6 Å². The maximum absolute atomic E-state index is 12.1. The minimum atomic E-state index is -0.319. The van der Waals surface area contributed by atoms with E-state index in [1.807, 2.05) is 44.2 Å². The van der Waals surface area contributed by atoms with Crippen molar-refractivity contribution in [3.63, 3.8) is 0 Å². The van der Waals surface area contributed by atoms with E-state index in [0.717, 1.165) is 16.5 Å². The summed E-state index contributed by atoms with van der Waals surface area (Å²) < 4.78 is 0. The zero-order chi connectivity index (χ0) is 16.4. The number of H-pyrrole nitrogens is 1. The van der Waals surface area contributed by atoms with E-state index >= 15 is 0 Å². The van der Waals surface area contributed by atoms with Crippen LogP contribution in [0, 0.1) is 6.92 Å². The van der Waals surface area contributed by atoms with Gasteiger partial charge in [-0.2, -0.15) is 5.10 Å². The number of anilines is 2. The molecule has 2 heterocycles. The Morgan fingerprint density at radius 2 is 2.04 bits per heavy atom. The van der Waals surface area contributed by atoms with Gasteiger partial charge >= 0.3 is 6.03 Å². The average molecular weight is 310 g/mol. The first-order chi connectivity index (χ1) is 11.0. The van der Waals surface area contributed by atoms with Gasteiger partial charge in [0.05, 0.1) is 22.6 Å². The summed E-state index contributed by atoms with van der Waals surface area (Å²) in [5, 5.41) is 13.2. The minimum absolute atomic E-state index is 0.108. The van der Waals surface area contributed by atoms with Crippen molar-refractivity contribution in [3.05, 3.63) is 47.7 Å². The maximum atomic E-state index is 12.1. The third-order valence-corrected chi connectivity index (χ3v) is 3.64. The Balaban J connectivity index is 1.73. The summed E-state index contributed by atoms with van der Waals surface area (Å²) in [6.45, 7) is 3.75. The van der Waals surface area contributed by atoms with E-state index in [0.29, 0.717) is 17.3 Å². The van der Waals surface area contributed by atoms with Gasteiger partial charge in [0.2, 0.25) is 0 Å². The van der Waals surface area contributed by atoms with Gasteiger partial charge in [0.1, 0.15) is 5.82 Å². The van der Waals surface area contributed by atoms with Gasteiger partial charge in [0.15, 0.2) is 5.82 Å². The largest absolute Gasteiger partial charge is 0.382 e. The quantitative estimate of drug-likeness (QED) is 0.596. The number of aryl methyl sites for hydroxylation is 1. The van der Waals surface area contributed by atoms with Gasteiger partial charge < -0.3 is 11.1 Å². The molecule has 1 unspecified atom stereocenters. The Hall–Kier alpha value is -3.09. The van der Waals surface area contributed by atoms with Crippen LogP contribution in [-0.4, -0.2) is 21.2 Å². The van der Waals surface area contributed by atoms with E-state index in [4.69, 9.17) is 5.73 Å². The Morgan fingerprint density at radius 3 is 2.78 bits per heavy atom. The van der Waals surface area contributed by atoms with Crippen LogP contribution in [0.5, 0.6) is 0 Å². The van der Waals surface area contributed by atoms with Crippen LogP contribution >= 0.6 is 0 Å². The van der Waals surface area contributed by atoms with Crippen molar-refractivity contribution in [1.29, 1.82) is 0 Å². The summed E-state index contributed by atoms with van der Waals surface area (Å²) in [5.74, 6) is 0.843. The maximum Gasteiger partial charge on any atom is 0.320 e. The summed E-state index contributed by atoms with van der Waals surface area (Å²) in [6.07, 6.45) is 0. The van der Waals surface area contributed by atoms with E-state index < -0.39 is 0 Å². The number of nitrogens with two attached hydrogens (primary N) is 1. The number of aromatic amines is 1. The van der Waals surface area contributed by atoms with Crippen molar-refractivity contribution in [2.75, 3.05) is 11.1 Å². The summed E-state index contributed by atoms with van der Waals surface area (Å²) in [7, 11) is 0. The number of hydrogen-bond donors (Lipinski definition) is 4. The lowest BCUT2D eigenvalue weighted by atomic mass is 10.1. The van der Waals surface area contributed by atoms with Crippen LogP contribution in [0.25, 0.3) is 10.9 Å².